The van der Waals surface area contributed by atoms with Crippen LogP contribution in [0.25, 0.3) is 0 Å². The van der Waals surface area contributed by atoms with Crippen molar-refractivity contribution >= 4 is 40.9 Å². The van der Waals surface area contributed by atoms with E-state index in [0.717, 1.165) is 0 Å². The summed E-state index contributed by atoms with van der Waals surface area (Å²) in [5, 5.41) is 15.1. The van der Waals surface area contributed by atoms with Gasteiger partial charge in [0, 0.05) is 23.2 Å². The number of pyridine rings is 1. The first-order valence-electron chi connectivity index (χ1n) is 7.76. The summed E-state index contributed by atoms with van der Waals surface area (Å²) in [5.74, 6) is -0.0408. The number of nitrogens with one attached hydrogen (secondary N) is 1. The minimum Gasteiger partial charge on any atom is -0.450 e. The number of benzene rings is 1. The smallest absolute Gasteiger partial charge is 0.412 e. The molecule has 10 heteroatoms. The molecular weight excluding hydrogens is 372 g/mol. The molecule has 0 saturated heterocycles. The lowest BCUT2D eigenvalue weighted by Gasteiger charge is -2.20. The quantitative estimate of drug-likeness (QED) is 0.444. The van der Waals surface area contributed by atoms with Crippen LogP contribution in [0.3, 0.4) is 0 Å². The zero-order chi connectivity index (χ0) is 20.2. The third kappa shape index (κ3) is 5.35. The standard InChI is InChI=1S/C17H18N4O5S/c1-17(2,3)26-16(22)20-12-5-4-11(8-10(12)9-27)25-13-6-7-19-15(18)14(13)21(23)24/h4-9H,1-3H3,(H2,18,19)(H,20,22). The van der Waals surface area contributed by atoms with E-state index >= 15 is 0 Å². The Balaban J connectivity index is 2.27. The first-order valence-corrected chi connectivity index (χ1v) is 8.24. The first-order chi connectivity index (χ1) is 12.6. The van der Waals surface area contributed by atoms with Gasteiger partial charge in [-0.25, -0.2) is 9.78 Å². The highest BCUT2D eigenvalue weighted by molar-refractivity contribution is 7.79. The highest BCUT2D eigenvalue weighted by atomic mass is 32.1. The van der Waals surface area contributed by atoms with Gasteiger partial charge in [-0.2, -0.15) is 0 Å². The first kappa shape index (κ1) is 20.0. The van der Waals surface area contributed by atoms with E-state index in [4.69, 9.17) is 27.4 Å². The molecule has 2 rings (SSSR count). The summed E-state index contributed by atoms with van der Waals surface area (Å²) >= 11 is 4.97. The van der Waals surface area contributed by atoms with Crippen LogP contribution < -0.4 is 15.8 Å². The number of anilines is 2. The maximum atomic E-state index is 11.9. The summed E-state index contributed by atoms with van der Waals surface area (Å²) in [5.41, 5.74) is 5.35. The number of amides is 1. The molecule has 9 nitrogen and oxygen atoms in total. The number of nitrogen functional groups attached to an aromatic ring is 1. The van der Waals surface area contributed by atoms with Gasteiger partial charge in [0.25, 0.3) is 0 Å². The van der Waals surface area contributed by atoms with Crippen LogP contribution in [0.2, 0.25) is 0 Å². The fraction of sp³-hybridized carbons (Fsp3) is 0.235. The van der Waals surface area contributed by atoms with E-state index in [2.05, 4.69) is 10.3 Å². The molecular formula is C17H18N4O5S. The average Bonchev–Trinajstić information content (AvgIpc) is 2.54. The van der Waals surface area contributed by atoms with Crippen LogP contribution in [0.5, 0.6) is 11.5 Å². The van der Waals surface area contributed by atoms with Crippen molar-refractivity contribution in [2.24, 2.45) is 0 Å². The van der Waals surface area contributed by atoms with E-state index in [1.54, 1.807) is 26.8 Å². The van der Waals surface area contributed by atoms with Crippen molar-refractivity contribution in [3.8, 4) is 11.5 Å². The molecule has 0 aliphatic carbocycles. The lowest BCUT2D eigenvalue weighted by molar-refractivity contribution is -0.384. The molecule has 0 spiro atoms. The van der Waals surface area contributed by atoms with Crippen molar-refractivity contribution in [2.75, 3.05) is 11.1 Å². The van der Waals surface area contributed by atoms with Crippen molar-refractivity contribution < 1.29 is 19.2 Å². The van der Waals surface area contributed by atoms with Gasteiger partial charge in [-0.15, -0.1) is 0 Å². The third-order valence-corrected chi connectivity index (χ3v) is 3.37. The van der Waals surface area contributed by atoms with Crippen molar-refractivity contribution in [1.82, 2.24) is 4.98 Å². The maximum absolute atomic E-state index is 11.9. The number of hydrogen-bond donors (Lipinski definition) is 2. The minimum atomic E-state index is -0.670. The Morgan fingerprint density at radius 3 is 2.67 bits per heavy atom. The number of nitrogens with zero attached hydrogens (tertiary/aromatic N) is 2. The Morgan fingerprint density at radius 1 is 1.37 bits per heavy atom. The van der Waals surface area contributed by atoms with Gasteiger partial charge < -0.3 is 15.2 Å². The SMILES string of the molecule is CC(C)(C)OC(=O)Nc1ccc(Oc2ccnc(N)c2[N+](=O)[O-])cc1C=S. The van der Waals surface area contributed by atoms with Crippen LogP contribution in [0.15, 0.2) is 30.5 Å². The fourth-order valence-corrected chi connectivity index (χ4v) is 2.27. The zero-order valence-electron chi connectivity index (χ0n) is 14.9. The van der Waals surface area contributed by atoms with E-state index in [1.807, 2.05) is 0 Å². The van der Waals surface area contributed by atoms with Crippen LogP contribution in [-0.2, 0) is 4.74 Å². The number of thiocarbonyl (C=S) groups is 1. The summed E-state index contributed by atoms with van der Waals surface area (Å²) < 4.78 is 10.8. The van der Waals surface area contributed by atoms with Crippen molar-refractivity contribution in [3.05, 3.63) is 46.1 Å². The molecule has 27 heavy (non-hydrogen) atoms. The average molecular weight is 390 g/mol. The van der Waals surface area contributed by atoms with Gasteiger partial charge in [0.05, 0.1) is 10.6 Å². The number of ether oxygens (including phenoxy) is 2. The van der Waals surface area contributed by atoms with E-state index in [1.165, 1.54) is 29.8 Å². The molecule has 3 N–H and O–H groups in total. The number of carbonyl (C=O) groups excluding carboxylic acids is 1. The molecule has 1 aromatic carbocycles. The highest BCUT2D eigenvalue weighted by Crippen LogP contribution is 2.35. The van der Waals surface area contributed by atoms with Gasteiger partial charge in [-0.3, -0.25) is 15.4 Å². The Labute approximate surface area is 160 Å². The molecule has 2 aromatic rings. The maximum Gasteiger partial charge on any atom is 0.412 e. The molecule has 0 atom stereocenters. The Hall–Kier alpha value is -3.27. The topological polar surface area (TPSA) is 130 Å². The van der Waals surface area contributed by atoms with Crippen LogP contribution >= 0.6 is 12.2 Å². The van der Waals surface area contributed by atoms with Crippen LogP contribution in [0.1, 0.15) is 26.3 Å². The van der Waals surface area contributed by atoms with Crippen LogP contribution in [0.4, 0.5) is 22.0 Å². The Bertz CT molecular complexity index is 895. The molecule has 0 fully saturated rings. The lowest BCUT2D eigenvalue weighted by Crippen LogP contribution is -2.27. The molecule has 0 saturated carbocycles. The van der Waals surface area contributed by atoms with Gasteiger partial charge in [0.15, 0.2) is 0 Å². The minimum absolute atomic E-state index is 0.0596. The summed E-state index contributed by atoms with van der Waals surface area (Å²) in [4.78, 5) is 26.1. The van der Waals surface area contributed by atoms with E-state index in [0.29, 0.717) is 11.3 Å². The second-order valence-electron chi connectivity index (χ2n) is 6.40. The van der Waals surface area contributed by atoms with Crippen molar-refractivity contribution in [2.45, 2.75) is 26.4 Å². The van der Waals surface area contributed by atoms with Crippen molar-refractivity contribution in [1.29, 1.82) is 0 Å². The third-order valence-electron chi connectivity index (χ3n) is 3.11. The lowest BCUT2D eigenvalue weighted by atomic mass is 10.2. The summed E-state index contributed by atoms with van der Waals surface area (Å²) in [6.07, 6.45) is 0.669. The second-order valence-corrected chi connectivity index (χ2v) is 6.63. The molecule has 0 bridgehead atoms. The Morgan fingerprint density at radius 2 is 2.07 bits per heavy atom. The second kappa shape index (κ2) is 7.96. The molecule has 142 valence electrons. The number of rotatable bonds is 5. The number of aromatic nitrogens is 1. The normalized spacial score (nSPS) is 10.8. The van der Waals surface area contributed by atoms with Gasteiger partial charge in [-0.1, -0.05) is 12.2 Å². The molecule has 1 amide bonds. The monoisotopic (exact) mass is 390 g/mol. The summed E-state index contributed by atoms with van der Waals surface area (Å²) in [6.45, 7) is 5.24. The van der Waals surface area contributed by atoms with Gasteiger partial charge in [0.1, 0.15) is 11.4 Å². The number of nitrogens with two attached hydrogens (primary N) is 1. The fourth-order valence-electron chi connectivity index (χ4n) is 2.07. The predicted octanol–water partition coefficient (Wildman–Crippen LogP) is 4.06. The number of hydrogen-bond acceptors (Lipinski definition) is 8. The Kier molecular flexibility index (Phi) is 5.91. The molecule has 0 radical (unpaired) electrons. The highest BCUT2D eigenvalue weighted by Gasteiger charge is 2.22. The molecule has 0 aliphatic rings. The predicted molar refractivity (Wildman–Crippen MR) is 104 cm³/mol. The van der Waals surface area contributed by atoms with Gasteiger partial charge in [-0.05, 0) is 39.0 Å². The molecule has 0 unspecified atom stereocenters. The van der Waals surface area contributed by atoms with Gasteiger partial charge in [0.2, 0.25) is 11.6 Å². The molecule has 0 aliphatic heterocycles. The van der Waals surface area contributed by atoms with E-state index in [-0.39, 0.29) is 17.3 Å². The largest absolute Gasteiger partial charge is 0.450 e. The number of carbonyl (C=O) groups is 1. The van der Waals surface area contributed by atoms with Gasteiger partial charge >= 0.3 is 11.8 Å². The van der Waals surface area contributed by atoms with E-state index in [9.17, 15) is 14.9 Å². The summed E-state index contributed by atoms with van der Waals surface area (Å²) in [6, 6.07) is 5.93. The zero-order valence-corrected chi connectivity index (χ0v) is 15.7. The van der Waals surface area contributed by atoms with Crippen LogP contribution in [0, 0.1) is 10.1 Å². The van der Waals surface area contributed by atoms with Crippen molar-refractivity contribution in [3.63, 3.8) is 0 Å². The summed E-state index contributed by atoms with van der Waals surface area (Å²) in [7, 11) is 0. The van der Waals surface area contributed by atoms with Crippen LogP contribution in [-0.4, -0.2) is 27.0 Å². The van der Waals surface area contributed by atoms with E-state index < -0.39 is 22.3 Å². The number of nitro groups is 1. The molecule has 1 aromatic heterocycles. The molecule has 1 heterocycles.